The van der Waals surface area contributed by atoms with Gasteiger partial charge < -0.3 is 16.0 Å². The first kappa shape index (κ1) is 20.1. The van der Waals surface area contributed by atoms with Crippen molar-refractivity contribution in [1.29, 1.82) is 0 Å². The number of nitrogens with zero attached hydrogens (tertiary/aromatic N) is 1. The summed E-state index contributed by atoms with van der Waals surface area (Å²) in [6.45, 7) is 6.92. The number of benzene rings is 1. The monoisotopic (exact) mass is 344 g/mol. The molecule has 0 radical (unpaired) electrons. The van der Waals surface area contributed by atoms with Crippen LogP contribution in [0.4, 0.5) is 18.9 Å². The van der Waals surface area contributed by atoms with Crippen molar-refractivity contribution in [3.8, 4) is 0 Å². The fraction of sp³-hybridized carbons (Fsp3) is 0.588. The molecule has 4 nitrogen and oxygen atoms in total. The Balaban J connectivity index is 2.62. The summed E-state index contributed by atoms with van der Waals surface area (Å²) in [5, 5.41) is 9.11. The molecule has 0 fully saturated rings. The highest BCUT2D eigenvalue weighted by Gasteiger charge is 2.26. The molecule has 0 aromatic heterocycles. The number of alkyl halides is 3. The minimum absolute atomic E-state index is 0.0884. The second kappa shape index (κ2) is 10.1. The number of para-hydroxylation sites is 1. The highest BCUT2D eigenvalue weighted by atomic mass is 19.4. The molecule has 0 aliphatic carbocycles. The maximum absolute atomic E-state index is 12.2. The van der Waals surface area contributed by atoms with Crippen LogP contribution in [0.3, 0.4) is 0 Å². The van der Waals surface area contributed by atoms with Gasteiger partial charge in [0.05, 0.1) is 13.0 Å². The third kappa shape index (κ3) is 8.64. The quantitative estimate of drug-likeness (QED) is 0.498. The summed E-state index contributed by atoms with van der Waals surface area (Å²) in [4.78, 5) is 4.42. The zero-order valence-corrected chi connectivity index (χ0v) is 14.5. The summed E-state index contributed by atoms with van der Waals surface area (Å²) in [6.07, 6.45) is -5.05. The lowest BCUT2D eigenvalue weighted by molar-refractivity contribution is -0.132. The molecule has 0 bridgehead atoms. The van der Waals surface area contributed by atoms with Gasteiger partial charge in [-0.05, 0) is 25.0 Å². The minimum Gasteiger partial charge on any atom is -0.380 e. The van der Waals surface area contributed by atoms with Crippen molar-refractivity contribution < 1.29 is 13.2 Å². The Morgan fingerprint density at radius 1 is 1.12 bits per heavy atom. The summed E-state index contributed by atoms with van der Waals surface area (Å²) in [6, 6.07) is 9.89. The molecular weight excluding hydrogens is 317 g/mol. The second-order valence-electron chi connectivity index (χ2n) is 5.87. The average molecular weight is 344 g/mol. The van der Waals surface area contributed by atoms with Crippen LogP contribution in [0, 0.1) is 5.92 Å². The summed E-state index contributed by atoms with van der Waals surface area (Å²) in [5.74, 6) is 0.731. The number of hydrogen-bond acceptors (Lipinski definition) is 2. The Kier molecular flexibility index (Phi) is 8.43. The van der Waals surface area contributed by atoms with Gasteiger partial charge in [0.1, 0.15) is 0 Å². The highest BCUT2D eigenvalue weighted by molar-refractivity contribution is 5.79. The molecule has 3 N–H and O–H groups in total. The zero-order valence-electron chi connectivity index (χ0n) is 14.5. The predicted octanol–water partition coefficient (Wildman–Crippen LogP) is 3.63. The first-order valence-corrected chi connectivity index (χ1v) is 8.22. The lowest BCUT2D eigenvalue weighted by Crippen LogP contribution is -2.40. The number of guanidine groups is 1. The van der Waals surface area contributed by atoms with Crippen LogP contribution in [0.5, 0.6) is 0 Å². The van der Waals surface area contributed by atoms with E-state index in [1.807, 2.05) is 37.3 Å². The Morgan fingerprint density at radius 2 is 1.79 bits per heavy atom. The molecule has 0 aliphatic heterocycles. The standard InChI is InChI=1S/C17H27F3N4/c1-4-21-16(22-11-10-17(18,19)20)23-12-15(13(2)3)24-14-8-6-5-7-9-14/h5-9,13,15,24H,4,10-12H2,1-3H3,(H2,21,22,23). The largest absolute Gasteiger partial charge is 0.390 e. The van der Waals surface area contributed by atoms with Crippen LogP contribution >= 0.6 is 0 Å². The van der Waals surface area contributed by atoms with Crippen LogP contribution in [0.2, 0.25) is 0 Å². The smallest absolute Gasteiger partial charge is 0.380 e. The van der Waals surface area contributed by atoms with Crippen LogP contribution in [-0.2, 0) is 0 Å². The van der Waals surface area contributed by atoms with Gasteiger partial charge in [0.25, 0.3) is 0 Å². The summed E-state index contributed by atoms with van der Waals surface area (Å²) < 4.78 is 36.7. The van der Waals surface area contributed by atoms with Gasteiger partial charge >= 0.3 is 6.18 Å². The van der Waals surface area contributed by atoms with Crippen LogP contribution in [0.15, 0.2) is 35.3 Å². The van der Waals surface area contributed by atoms with E-state index in [0.29, 0.717) is 25.0 Å². The van der Waals surface area contributed by atoms with Gasteiger partial charge in [-0.2, -0.15) is 13.2 Å². The van der Waals surface area contributed by atoms with E-state index in [4.69, 9.17) is 0 Å². The first-order valence-electron chi connectivity index (χ1n) is 8.22. The second-order valence-corrected chi connectivity index (χ2v) is 5.87. The van der Waals surface area contributed by atoms with Crippen LogP contribution in [0.1, 0.15) is 27.2 Å². The third-order valence-corrected chi connectivity index (χ3v) is 3.42. The summed E-state index contributed by atoms with van der Waals surface area (Å²) >= 11 is 0. The number of halogens is 3. The maximum atomic E-state index is 12.2. The fourth-order valence-electron chi connectivity index (χ4n) is 2.03. The van der Waals surface area contributed by atoms with E-state index >= 15 is 0 Å². The topological polar surface area (TPSA) is 48.5 Å². The van der Waals surface area contributed by atoms with E-state index in [-0.39, 0.29) is 12.6 Å². The van der Waals surface area contributed by atoms with Crippen LogP contribution < -0.4 is 16.0 Å². The van der Waals surface area contributed by atoms with Gasteiger partial charge in [-0.3, -0.25) is 4.99 Å². The normalized spacial score (nSPS) is 13.7. The van der Waals surface area contributed by atoms with E-state index < -0.39 is 12.6 Å². The number of rotatable bonds is 8. The molecule has 0 heterocycles. The van der Waals surface area contributed by atoms with Crippen molar-refractivity contribution in [2.75, 3.05) is 25.0 Å². The van der Waals surface area contributed by atoms with Crippen LogP contribution in [0.25, 0.3) is 0 Å². The molecule has 7 heteroatoms. The average Bonchev–Trinajstić information content (AvgIpc) is 2.50. The van der Waals surface area contributed by atoms with E-state index in [1.54, 1.807) is 0 Å². The van der Waals surface area contributed by atoms with E-state index in [0.717, 1.165) is 5.69 Å². The van der Waals surface area contributed by atoms with Gasteiger partial charge in [0.2, 0.25) is 0 Å². The van der Waals surface area contributed by atoms with Crippen molar-refractivity contribution >= 4 is 11.6 Å². The number of nitrogens with one attached hydrogen (secondary N) is 3. The van der Waals surface area contributed by atoms with Crippen molar-refractivity contribution in [2.45, 2.75) is 39.4 Å². The van der Waals surface area contributed by atoms with Crippen molar-refractivity contribution in [3.63, 3.8) is 0 Å². The predicted molar refractivity (Wildman–Crippen MR) is 93.3 cm³/mol. The van der Waals surface area contributed by atoms with Gasteiger partial charge in [-0.15, -0.1) is 0 Å². The molecule has 1 atom stereocenters. The lowest BCUT2D eigenvalue weighted by Gasteiger charge is -2.22. The highest BCUT2D eigenvalue weighted by Crippen LogP contribution is 2.18. The molecule has 0 saturated carbocycles. The fourth-order valence-corrected chi connectivity index (χ4v) is 2.03. The van der Waals surface area contributed by atoms with Gasteiger partial charge in [0.15, 0.2) is 5.96 Å². The molecule has 24 heavy (non-hydrogen) atoms. The van der Waals surface area contributed by atoms with Crippen molar-refractivity contribution in [2.24, 2.45) is 10.9 Å². The Labute approximate surface area is 141 Å². The molecule has 0 saturated heterocycles. The molecule has 136 valence electrons. The number of hydrogen-bond donors (Lipinski definition) is 3. The first-order chi connectivity index (χ1) is 11.3. The van der Waals surface area contributed by atoms with Crippen molar-refractivity contribution in [1.82, 2.24) is 10.6 Å². The van der Waals surface area contributed by atoms with Crippen molar-refractivity contribution in [3.05, 3.63) is 30.3 Å². The molecule has 1 unspecified atom stereocenters. The molecule has 0 aliphatic rings. The number of anilines is 1. The maximum Gasteiger partial charge on any atom is 0.390 e. The molecular formula is C17H27F3N4. The molecule has 0 amide bonds. The lowest BCUT2D eigenvalue weighted by atomic mass is 10.0. The Bertz CT molecular complexity index is 486. The Morgan fingerprint density at radius 3 is 2.33 bits per heavy atom. The summed E-state index contributed by atoms with van der Waals surface area (Å²) in [7, 11) is 0. The Hall–Kier alpha value is -1.92. The molecule has 1 rings (SSSR count). The van der Waals surface area contributed by atoms with Gasteiger partial charge in [-0.25, -0.2) is 0 Å². The third-order valence-electron chi connectivity index (χ3n) is 3.42. The SMILES string of the molecule is CCNC(=NCC(Nc1ccccc1)C(C)C)NCCC(F)(F)F. The number of aliphatic imine (C=N–C) groups is 1. The van der Waals surface area contributed by atoms with E-state index in [2.05, 4.69) is 34.8 Å². The zero-order chi connectivity index (χ0) is 18.0. The van der Waals surface area contributed by atoms with Gasteiger partial charge in [-0.1, -0.05) is 32.0 Å². The molecule has 1 aromatic rings. The van der Waals surface area contributed by atoms with Gasteiger partial charge in [0, 0.05) is 24.8 Å². The molecule has 1 aromatic carbocycles. The minimum atomic E-state index is -4.17. The summed E-state index contributed by atoms with van der Waals surface area (Å²) in [5.41, 5.74) is 1.00. The van der Waals surface area contributed by atoms with E-state index in [1.165, 1.54) is 0 Å². The molecule has 0 spiro atoms. The van der Waals surface area contributed by atoms with E-state index in [9.17, 15) is 13.2 Å². The van der Waals surface area contributed by atoms with Crippen LogP contribution in [-0.4, -0.2) is 37.8 Å².